The molecule has 0 fully saturated rings. The first kappa shape index (κ1) is 14.0. The van der Waals surface area contributed by atoms with E-state index in [0.717, 1.165) is 22.3 Å². The number of nitrogens with one attached hydrogen (secondary N) is 1. The van der Waals surface area contributed by atoms with E-state index in [1.54, 1.807) is 6.92 Å². The van der Waals surface area contributed by atoms with Gasteiger partial charge in [0, 0.05) is 16.1 Å². The average molecular weight is 297 g/mol. The fraction of sp³-hybridized carbons (Fsp3) is 0.462. The van der Waals surface area contributed by atoms with Gasteiger partial charge in [0.2, 0.25) is 0 Å². The van der Waals surface area contributed by atoms with Crippen LogP contribution in [0.2, 0.25) is 0 Å². The molecule has 2 atom stereocenters. The van der Waals surface area contributed by atoms with E-state index in [4.69, 9.17) is 10.00 Å². The van der Waals surface area contributed by atoms with E-state index in [-0.39, 0.29) is 6.04 Å². The summed E-state index contributed by atoms with van der Waals surface area (Å²) in [6.45, 7) is 6.78. The third kappa shape index (κ3) is 4.03. The van der Waals surface area contributed by atoms with Crippen LogP contribution in [-0.2, 0) is 0 Å². The van der Waals surface area contributed by atoms with Crippen molar-refractivity contribution in [1.29, 1.82) is 5.26 Å². The molecule has 0 aliphatic carbocycles. The standard InChI is InChI=1S/C13H17BrN2O/c1-4-16-10(3)12-6-5-11(14)7-13(12)17-9(2)8-15/h5-7,9-10,16H,4H2,1-3H3. The second-order valence-electron chi connectivity index (χ2n) is 3.85. The molecule has 0 saturated carbocycles. The van der Waals surface area contributed by atoms with Crippen LogP contribution < -0.4 is 10.1 Å². The van der Waals surface area contributed by atoms with Gasteiger partial charge in [-0.05, 0) is 32.5 Å². The monoisotopic (exact) mass is 296 g/mol. The number of hydrogen-bond donors (Lipinski definition) is 1. The van der Waals surface area contributed by atoms with E-state index in [0.29, 0.717) is 0 Å². The summed E-state index contributed by atoms with van der Waals surface area (Å²) in [6, 6.07) is 8.17. The number of nitrogens with zero attached hydrogens (tertiary/aromatic N) is 1. The molecule has 0 aliphatic heterocycles. The van der Waals surface area contributed by atoms with Crippen molar-refractivity contribution in [3.8, 4) is 11.8 Å². The van der Waals surface area contributed by atoms with Gasteiger partial charge in [0.1, 0.15) is 11.8 Å². The topological polar surface area (TPSA) is 45.0 Å². The van der Waals surface area contributed by atoms with Crippen molar-refractivity contribution in [3.63, 3.8) is 0 Å². The van der Waals surface area contributed by atoms with Gasteiger partial charge in [-0.2, -0.15) is 5.26 Å². The summed E-state index contributed by atoms with van der Waals surface area (Å²) in [7, 11) is 0. The van der Waals surface area contributed by atoms with Gasteiger partial charge >= 0.3 is 0 Å². The molecular formula is C13H17BrN2O. The van der Waals surface area contributed by atoms with E-state index in [1.165, 1.54) is 0 Å². The molecule has 0 aromatic heterocycles. The van der Waals surface area contributed by atoms with Crippen molar-refractivity contribution >= 4 is 15.9 Å². The lowest BCUT2D eigenvalue weighted by Crippen LogP contribution is -2.19. The lowest BCUT2D eigenvalue weighted by molar-refractivity contribution is 0.271. The zero-order valence-corrected chi connectivity index (χ0v) is 11.9. The lowest BCUT2D eigenvalue weighted by Gasteiger charge is -2.18. The first-order valence-corrected chi connectivity index (χ1v) is 6.46. The fourth-order valence-corrected chi connectivity index (χ4v) is 1.94. The van der Waals surface area contributed by atoms with E-state index < -0.39 is 6.10 Å². The summed E-state index contributed by atoms with van der Waals surface area (Å²) < 4.78 is 6.56. The van der Waals surface area contributed by atoms with Gasteiger partial charge in [-0.3, -0.25) is 0 Å². The van der Waals surface area contributed by atoms with E-state index >= 15 is 0 Å². The molecule has 0 aliphatic rings. The lowest BCUT2D eigenvalue weighted by atomic mass is 10.1. The van der Waals surface area contributed by atoms with Crippen LogP contribution in [0.3, 0.4) is 0 Å². The van der Waals surface area contributed by atoms with Crippen molar-refractivity contribution in [2.75, 3.05) is 6.54 Å². The highest BCUT2D eigenvalue weighted by Crippen LogP contribution is 2.29. The molecule has 0 amide bonds. The summed E-state index contributed by atoms with van der Waals surface area (Å²) >= 11 is 3.41. The van der Waals surface area contributed by atoms with Crippen molar-refractivity contribution in [2.24, 2.45) is 0 Å². The highest BCUT2D eigenvalue weighted by Gasteiger charge is 2.13. The van der Waals surface area contributed by atoms with Gasteiger partial charge in [0.25, 0.3) is 0 Å². The normalized spacial score (nSPS) is 13.8. The van der Waals surface area contributed by atoms with Gasteiger partial charge < -0.3 is 10.1 Å². The molecule has 2 unspecified atom stereocenters. The SMILES string of the molecule is CCNC(C)c1ccc(Br)cc1OC(C)C#N. The molecule has 92 valence electrons. The maximum absolute atomic E-state index is 8.80. The summed E-state index contributed by atoms with van der Waals surface area (Å²) in [5, 5.41) is 12.1. The number of nitriles is 1. The molecular weight excluding hydrogens is 280 g/mol. The number of ether oxygens (including phenoxy) is 1. The van der Waals surface area contributed by atoms with Crippen molar-refractivity contribution < 1.29 is 4.74 Å². The predicted molar refractivity (Wildman–Crippen MR) is 71.9 cm³/mol. The Bertz CT molecular complexity index is 414. The highest BCUT2D eigenvalue weighted by molar-refractivity contribution is 9.10. The maximum Gasteiger partial charge on any atom is 0.181 e. The summed E-state index contributed by atoms with van der Waals surface area (Å²) in [5.74, 6) is 0.752. The summed E-state index contributed by atoms with van der Waals surface area (Å²) in [5.41, 5.74) is 1.07. The Morgan fingerprint density at radius 3 is 2.76 bits per heavy atom. The minimum absolute atomic E-state index is 0.203. The molecule has 0 spiro atoms. The maximum atomic E-state index is 8.80. The Labute approximate surface area is 111 Å². The Morgan fingerprint density at radius 1 is 1.47 bits per heavy atom. The minimum atomic E-state index is -0.447. The second-order valence-corrected chi connectivity index (χ2v) is 4.77. The molecule has 1 aromatic rings. The van der Waals surface area contributed by atoms with Crippen molar-refractivity contribution in [3.05, 3.63) is 28.2 Å². The van der Waals surface area contributed by atoms with Crippen LogP contribution >= 0.6 is 15.9 Å². The van der Waals surface area contributed by atoms with E-state index in [1.807, 2.05) is 18.2 Å². The molecule has 4 heteroatoms. The number of hydrogen-bond acceptors (Lipinski definition) is 3. The third-order valence-corrected chi connectivity index (χ3v) is 2.93. The van der Waals surface area contributed by atoms with Gasteiger partial charge in [0.05, 0.1) is 0 Å². The largest absolute Gasteiger partial charge is 0.475 e. The Hall–Kier alpha value is -1.05. The Morgan fingerprint density at radius 2 is 2.18 bits per heavy atom. The second kappa shape index (κ2) is 6.63. The summed E-state index contributed by atoms with van der Waals surface area (Å²) in [4.78, 5) is 0. The van der Waals surface area contributed by atoms with Crippen LogP contribution in [-0.4, -0.2) is 12.6 Å². The number of halogens is 1. The van der Waals surface area contributed by atoms with Gasteiger partial charge in [-0.25, -0.2) is 0 Å². The Balaban J connectivity index is 2.99. The summed E-state index contributed by atoms with van der Waals surface area (Å²) in [6.07, 6.45) is -0.447. The van der Waals surface area contributed by atoms with Crippen LogP contribution in [0.15, 0.2) is 22.7 Å². The number of benzene rings is 1. The smallest absolute Gasteiger partial charge is 0.181 e. The van der Waals surface area contributed by atoms with E-state index in [2.05, 4.69) is 41.2 Å². The number of rotatable bonds is 5. The predicted octanol–water partition coefficient (Wildman–Crippen LogP) is 3.41. The molecule has 0 radical (unpaired) electrons. The minimum Gasteiger partial charge on any atom is -0.475 e. The van der Waals surface area contributed by atoms with Gasteiger partial charge in [-0.15, -0.1) is 0 Å². The van der Waals surface area contributed by atoms with Gasteiger partial charge in [0.15, 0.2) is 6.10 Å². The van der Waals surface area contributed by atoms with Crippen LogP contribution in [0.1, 0.15) is 32.4 Å². The molecule has 1 aromatic carbocycles. The quantitative estimate of drug-likeness (QED) is 0.906. The first-order valence-electron chi connectivity index (χ1n) is 5.67. The molecule has 0 saturated heterocycles. The zero-order chi connectivity index (χ0) is 12.8. The van der Waals surface area contributed by atoms with Crippen molar-refractivity contribution in [1.82, 2.24) is 5.32 Å². The first-order chi connectivity index (χ1) is 8.08. The van der Waals surface area contributed by atoms with Crippen LogP contribution in [0.5, 0.6) is 5.75 Å². The highest BCUT2D eigenvalue weighted by atomic mass is 79.9. The van der Waals surface area contributed by atoms with Crippen molar-refractivity contribution in [2.45, 2.75) is 32.9 Å². The molecule has 0 heterocycles. The van der Waals surface area contributed by atoms with E-state index in [9.17, 15) is 0 Å². The molecule has 0 bridgehead atoms. The molecule has 3 nitrogen and oxygen atoms in total. The molecule has 1 N–H and O–H groups in total. The van der Waals surface area contributed by atoms with Crippen LogP contribution in [0.4, 0.5) is 0 Å². The third-order valence-electron chi connectivity index (χ3n) is 2.44. The molecule has 17 heavy (non-hydrogen) atoms. The zero-order valence-electron chi connectivity index (χ0n) is 10.3. The molecule has 1 rings (SSSR count). The van der Waals surface area contributed by atoms with Crippen LogP contribution in [0.25, 0.3) is 0 Å². The van der Waals surface area contributed by atoms with Crippen LogP contribution in [0, 0.1) is 11.3 Å². The van der Waals surface area contributed by atoms with Gasteiger partial charge in [-0.1, -0.05) is 28.9 Å². The Kier molecular flexibility index (Phi) is 5.46. The average Bonchev–Trinajstić information content (AvgIpc) is 2.29. The fourth-order valence-electron chi connectivity index (χ4n) is 1.60.